The molecule has 0 radical (unpaired) electrons. The summed E-state index contributed by atoms with van der Waals surface area (Å²) in [5.41, 5.74) is 6.26. The quantitative estimate of drug-likeness (QED) is 0.251. The molecule has 0 saturated carbocycles. The van der Waals surface area contributed by atoms with Gasteiger partial charge in [0, 0.05) is 42.9 Å². The van der Waals surface area contributed by atoms with E-state index in [0.29, 0.717) is 30.7 Å². The second-order valence-electron chi connectivity index (χ2n) is 9.05. The first-order valence-corrected chi connectivity index (χ1v) is 11.9. The summed E-state index contributed by atoms with van der Waals surface area (Å²) < 4.78 is 0. The zero-order chi connectivity index (χ0) is 24.8. The number of carboxylic acids is 1. The Morgan fingerprint density at radius 3 is 2.46 bits per heavy atom. The lowest BCUT2D eigenvalue weighted by Crippen LogP contribution is -2.36. The van der Waals surface area contributed by atoms with Crippen molar-refractivity contribution in [2.75, 3.05) is 18.0 Å². The highest BCUT2D eigenvalue weighted by molar-refractivity contribution is 6.01. The van der Waals surface area contributed by atoms with E-state index in [1.165, 1.54) is 0 Å². The van der Waals surface area contributed by atoms with E-state index in [1.54, 1.807) is 18.3 Å². The zero-order valence-electron chi connectivity index (χ0n) is 19.8. The Morgan fingerprint density at radius 1 is 1.11 bits per heavy atom. The maximum Gasteiger partial charge on any atom is 0.306 e. The highest BCUT2D eigenvalue weighted by atomic mass is 16.4. The Labute approximate surface area is 205 Å². The largest absolute Gasteiger partial charge is 0.481 e. The summed E-state index contributed by atoms with van der Waals surface area (Å²) in [4.78, 5) is 17.6. The molecule has 3 N–H and O–H groups in total. The molecule has 1 aliphatic rings. The summed E-state index contributed by atoms with van der Waals surface area (Å²) in [5, 5.41) is 32.2. The second-order valence-corrected chi connectivity index (χ2v) is 9.05. The van der Waals surface area contributed by atoms with Crippen LogP contribution in [-0.2, 0) is 11.4 Å². The fourth-order valence-corrected chi connectivity index (χ4v) is 4.84. The number of aliphatic carboxylic acids is 1. The zero-order valence-corrected chi connectivity index (χ0v) is 19.8. The molecule has 1 aliphatic heterocycles. The minimum Gasteiger partial charge on any atom is -0.481 e. The molecular weight excluding hydrogens is 442 g/mol. The number of pyridine rings is 1. The highest BCUT2D eigenvalue weighted by Gasteiger charge is 2.25. The van der Waals surface area contributed by atoms with E-state index in [0.717, 1.165) is 41.0 Å². The molecule has 0 aliphatic carbocycles. The number of aliphatic hydroxyl groups excluding tert-OH is 1. The molecule has 1 fully saturated rings. The van der Waals surface area contributed by atoms with E-state index in [2.05, 4.69) is 58.4 Å². The number of piperidine rings is 1. The van der Waals surface area contributed by atoms with Gasteiger partial charge in [0.1, 0.15) is 0 Å². The van der Waals surface area contributed by atoms with Gasteiger partial charge in [-0.2, -0.15) is 0 Å². The fourth-order valence-electron chi connectivity index (χ4n) is 4.84. The lowest BCUT2D eigenvalue weighted by atomic mass is 9.83. The molecule has 1 saturated heterocycles. The predicted molar refractivity (Wildman–Crippen MR) is 135 cm³/mol. The van der Waals surface area contributed by atoms with Gasteiger partial charge in [-0.05, 0) is 60.7 Å². The SMILES string of the molecule is Cc1ccccc1[C@H](C/C(=N/O)c1ccnc(CO)c1)c1ccc(N2CCC(C(=O)O)CC2)cc1. The van der Waals surface area contributed by atoms with Crippen molar-refractivity contribution in [3.05, 3.63) is 94.8 Å². The normalized spacial score (nSPS) is 15.7. The molecule has 2 aromatic carbocycles. The van der Waals surface area contributed by atoms with Gasteiger partial charge in [-0.25, -0.2) is 0 Å². The van der Waals surface area contributed by atoms with Crippen molar-refractivity contribution < 1.29 is 20.2 Å². The van der Waals surface area contributed by atoms with Gasteiger partial charge in [0.2, 0.25) is 0 Å². The molecular formula is C28H31N3O4. The van der Waals surface area contributed by atoms with Gasteiger partial charge in [-0.15, -0.1) is 0 Å². The number of carbonyl (C=O) groups is 1. The molecule has 7 heteroatoms. The Kier molecular flexibility index (Phi) is 7.77. The molecule has 35 heavy (non-hydrogen) atoms. The molecule has 2 heterocycles. The van der Waals surface area contributed by atoms with Crippen molar-refractivity contribution in [1.82, 2.24) is 4.98 Å². The number of rotatable bonds is 8. The van der Waals surface area contributed by atoms with Gasteiger partial charge in [0.25, 0.3) is 0 Å². The van der Waals surface area contributed by atoms with E-state index in [9.17, 15) is 20.2 Å². The van der Waals surface area contributed by atoms with Crippen molar-refractivity contribution in [3.8, 4) is 0 Å². The highest BCUT2D eigenvalue weighted by Crippen LogP contribution is 2.33. The number of aromatic nitrogens is 1. The number of aliphatic hydroxyl groups is 1. The van der Waals surface area contributed by atoms with Crippen LogP contribution >= 0.6 is 0 Å². The fraction of sp³-hybridized carbons (Fsp3) is 0.321. The van der Waals surface area contributed by atoms with Crippen LogP contribution in [-0.4, -0.2) is 45.2 Å². The first kappa shape index (κ1) is 24.4. The molecule has 182 valence electrons. The Bertz CT molecular complexity index is 1180. The van der Waals surface area contributed by atoms with Crippen molar-refractivity contribution in [2.45, 2.75) is 38.7 Å². The summed E-state index contributed by atoms with van der Waals surface area (Å²) in [5.74, 6) is -1.01. The number of oxime groups is 1. The summed E-state index contributed by atoms with van der Waals surface area (Å²) >= 11 is 0. The van der Waals surface area contributed by atoms with Crippen LogP contribution in [0.5, 0.6) is 0 Å². The second kappa shape index (κ2) is 11.1. The third-order valence-corrected chi connectivity index (χ3v) is 6.90. The van der Waals surface area contributed by atoms with Crippen molar-refractivity contribution >= 4 is 17.4 Å². The first-order valence-electron chi connectivity index (χ1n) is 11.9. The monoisotopic (exact) mass is 473 g/mol. The van der Waals surface area contributed by atoms with Crippen LogP contribution in [0.15, 0.2) is 72.0 Å². The van der Waals surface area contributed by atoms with Crippen LogP contribution in [0.25, 0.3) is 0 Å². The van der Waals surface area contributed by atoms with Crippen LogP contribution in [0.4, 0.5) is 5.69 Å². The average molecular weight is 474 g/mol. The number of anilines is 1. The third-order valence-electron chi connectivity index (χ3n) is 6.90. The number of nitrogens with zero attached hydrogens (tertiary/aromatic N) is 3. The van der Waals surface area contributed by atoms with E-state index in [4.69, 9.17) is 0 Å². The summed E-state index contributed by atoms with van der Waals surface area (Å²) in [6, 6.07) is 20.1. The van der Waals surface area contributed by atoms with E-state index >= 15 is 0 Å². The summed E-state index contributed by atoms with van der Waals surface area (Å²) in [6.45, 7) is 3.36. The van der Waals surface area contributed by atoms with Crippen LogP contribution in [0.2, 0.25) is 0 Å². The smallest absolute Gasteiger partial charge is 0.306 e. The van der Waals surface area contributed by atoms with Crippen LogP contribution in [0.3, 0.4) is 0 Å². The maximum absolute atomic E-state index is 11.3. The standard InChI is InChI=1S/C28H31N3O4/c1-19-4-2-3-5-25(19)26(17-27(30-35)22-10-13-29-23(16-22)18-32)20-6-8-24(9-7-20)31-14-11-21(12-15-31)28(33)34/h2-10,13,16,21,26,32,35H,11-12,14-15,17-18H2,1H3,(H,33,34)/b30-27-/t26-/m1/s1. The van der Waals surface area contributed by atoms with Gasteiger partial charge >= 0.3 is 5.97 Å². The molecule has 0 bridgehead atoms. The van der Waals surface area contributed by atoms with E-state index < -0.39 is 5.97 Å². The van der Waals surface area contributed by atoms with Gasteiger partial charge in [0.15, 0.2) is 0 Å². The van der Waals surface area contributed by atoms with Crippen LogP contribution in [0.1, 0.15) is 53.1 Å². The van der Waals surface area contributed by atoms with Crippen molar-refractivity contribution in [1.29, 1.82) is 0 Å². The molecule has 1 atom stereocenters. The number of aryl methyl sites for hydroxylation is 1. The summed E-state index contributed by atoms with van der Waals surface area (Å²) in [7, 11) is 0. The topological polar surface area (TPSA) is 106 Å². The molecule has 7 nitrogen and oxygen atoms in total. The number of hydrogen-bond donors (Lipinski definition) is 3. The number of hydrogen-bond acceptors (Lipinski definition) is 6. The van der Waals surface area contributed by atoms with Gasteiger partial charge in [-0.3, -0.25) is 9.78 Å². The van der Waals surface area contributed by atoms with Gasteiger partial charge < -0.3 is 20.3 Å². The average Bonchev–Trinajstić information content (AvgIpc) is 2.90. The third kappa shape index (κ3) is 5.69. The Balaban J connectivity index is 1.61. The molecule has 0 spiro atoms. The minimum atomic E-state index is -0.706. The number of benzene rings is 2. The number of carboxylic acid groups (broad SMARTS) is 1. The van der Waals surface area contributed by atoms with E-state index in [-0.39, 0.29) is 18.4 Å². The van der Waals surface area contributed by atoms with Crippen molar-refractivity contribution in [3.63, 3.8) is 0 Å². The summed E-state index contributed by atoms with van der Waals surface area (Å²) in [6.07, 6.45) is 3.39. The Hall–Kier alpha value is -3.71. The Morgan fingerprint density at radius 2 is 1.83 bits per heavy atom. The lowest BCUT2D eigenvalue weighted by molar-refractivity contribution is -0.142. The maximum atomic E-state index is 11.3. The predicted octanol–water partition coefficient (Wildman–Crippen LogP) is 4.58. The first-order chi connectivity index (χ1) is 17.0. The van der Waals surface area contributed by atoms with Gasteiger partial charge in [-0.1, -0.05) is 41.6 Å². The minimum absolute atomic E-state index is 0.0420. The lowest BCUT2D eigenvalue weighted by Gasteiger charge is -2.32. The van der Waals surface area contributed by atoms with Gasteiger partial charge in [0.05, 0.1) is 23.9 Å². The molecule has 0 unspecified atom stereocenters. The molecule has 3 aromatic rings. The van der Waals surface area contributed by atoms with E-state index in [1.807, 2.05) is 12.1 Å². The molecule has 1 aromatic heterocycles. The van der Waals surface area contributed by atoms with Crippen LogP contribution in [0, 0.1) is 12.8 Å². The molecule has 4 rings (SSSR count). The van der Waals surface area contributed by atoms with Crippen LogP contribution < -0.4 is 4.90 Å². The molecule has 0 amide bonds. The van der Waals surface area contributed by atoms with Crippen molar-refractivity contribution in [2.24, 2.45) is 11.1 Å².